The predicted octanol–water partition coefficient (Wildman–Crippen LogP) is 3.04. The van der Waals surface area contributed by atoms with Gasteiger partial charge in [0, 0.05) is 39.1 Å². The van der Waals surface area contributed by atoms with Gasteiger partial charge in [-0.05, 0) is 68.4 Å². The molecule has 1 N–H and O–H groups in total. The van der Waals surface area contributed by atoms with Crippen molar-refractivity contribution < 1.29 is 23.6 Å². The van der Waals surface area contributed by atoms with Crippen LogP contribution in [0.15, 0.2) is 48.8 Å². The predicted molar refractivity (Wildman–Crippen MR) is 147 cm³/mol. The molecule has 3 fully saturated rings. The smallest absolute Gasteiger partial charge is 0.327 e. The zero-order valence-electron chi connectivity index (χ0n) is 23.0. The van der Waals surface area contributed by atoms with E-state index < -0.39 is 23.3 Å². The highest BCUT2D eigenvalue weighted by Crippen LogP contribution is 2.39. The first-order chi connectivity index (χ1) is 19.7. The van der Waals surface area contributed by atoms with Crippen LogP contribution in [0.25, 0.3) is 11.0 Å². The molecule has 3 aliphatic rings. The summed E-state index contributed by atoms with van der Waals surface area (Å²) in [6, 6.07) is 8.74. The number of halogens is 1. The zero-order chi connectivity index (χ0) is 28.9. The molecule has 10 nitrogen and oxygen atoms in total. The van der Waals surface area contributed by atoms with Gasteiger partial charge in [-0.1, -0.05) is 17.7 Å². The molecule has 1 saturated carbocycles. The van der Waals surface area contributed by atoms with Crippen molar-refractivity contribution >= 4 is 34.8 Å². The number of nitrogens with one attached hydrogen (secondary N) is 1. The lowest BCUT2D eigenvalue weighted by Crippen LogP contribution is -2.59. The van der Waals surface area contributed by atoms with Gasteiger partial charge in [0.25, 0.3) is 11.8 Å². The molecule has 41 heavy (non-hydrogen) atoms. The van der Waals surface area contributed by atoms with E-state index in [1.807, 2.05) is 18.2 Å². The molecular formula is C30H31FN6O4. The first-order valence-electron chi connectivity index (χ1n) is 13.8. The van der Waals surface area contributed by atoms with Crippen molar-refractivity contribution in [3.63, 3.8) is 0 Å². The fourth-order valence-electron chi connectivity index (χ4n) is 6.01. The molecule has 1 atom stereocenters. The van der Waals surface area contributed by atoms with E-state index in [-0.39, 0.29) is 61.8 Å². The summed E-state index contributed by atoms with van der Waals surface area (Å²) in [6.45, 7) is 2.50. The maximum atomic E-state index is 14.4. The summed E-state index contributed by atoms with van der Waals surface area (Å²) in [5, 5.41) is 2.78. The van der Waals surface area contributed by atoms with Crippen molar-refractivity contribution in [2.45, 2.75) is 50.7 Å². The zero-order valence-corrected chi connectivity index (χ0v) is 23.0. The number of aromatic nitrogens is 2. The highest BCUT2D eigenvalue weighted by molar-refractivity contribution is 6.07. The van der Waals surface area contributed by atoms with Crippen LogP contribution in [0, 0.1) is 18.7 Å². The van der Waals surface area contributed by atoms with E-state index in [0.29, 0.717) is 5.52 Å². The molecule has 1 spiro atoms. The molecule has 3 aromatic rings. The van der Waals surface area contributed by atoms with E-state index in [9.17, 15) is 23.6 Å². The van der Waals surface area contributed by atoms with Crippen LogP contribution >= 0.6 is 0 Å². The highest BCUT2D eigenvalue weighted by atomic mass is 19.1. The van der Waals surface area contributed by atoms with E-state index in [1.54, 1.807) is 35.2 Å². The summed E-state index contributed by atoms with van der Waals surface area (Å²) >= 11 is 0. The number of benzene rings is 2. The topological polar surface area (TPSA) is 116 Å². The first kappa shape index (κ1) is 26.8. The number of amides is 5. The minimum atomic E-state index is -1.07. The summed E-state index contributed by atoms with van der Waals surface area (Å²) in [7, 11) is 1.49. The third kappa shape index (κ3) is 4.79. The Labute approximate surface area is 236 Å². The second-order valence-electron chi connectivity index (χ2n) is 11.2. The van der Waals surface area contributed by atoms with Crippen LogP contribution in [0.1, 0.15) is 47.2 Å². The van der Waals surface area contributed by atoms with E-state index >= 15 is 0 Å². The van der Waals surface area contributed by atoms with Crippen LogP contribution in [0.4, 0.5) is 9.18 Å². The molecule has 3 heterocycles. The fraction of sp³-hybridized carbons (Fsp3) is 0.400. The highest BCUT2D eigenvalue weighted by Gasteiger charge is 2.57. The number of hydrogen-bond acceptors (Lipinski definition) is 6. The largest absolute Gasteiger partial charge is 0.341 e. The van der Waals surface area contributed by atoms with Crippen molar-refractivity contribution in [2.24, 2.45) is 5.92 Å². The fourth-order valence-corrected chi connectivity index (χ4v) is 6.01. The summed E-state index contributed by atoms with van der Waals surface area (Å²) in [5.41, 5.74) is 1.85. The molecule has 0 radical (unpaired) electrons. The van der Waals surface area contributed by atoms with E-state index in [1.165, 1.54) is 19.2 Å². The Morgan fingerprint density at radius 2 is 1.76 bits per heavy atom. The Balaban J connectivity index is 1.18. The minimum absolute atomic E-state index is 0.0106. The van der Waals surface area contributed by atoms with E-state index in [2.05, 4.69) is 15.3 Å². The van der Waals surface area contributed by atoms with Gasteiger partial charge in [0.15, 0.2) is 0 Å². The quantitative estimate of drug-likeness (QED) is 0.465. The molecule has 5 amide bonds. The molecule has 6 rings (SSSR count). The number of urea groups is 1. The van der Waals surface area contributed by atoms with Crippen molar-refractivity contribution in [1.29, 1.82) is 0 Å². The molecule has 2 saturated heterocycles. The molecule has 212 valence electrons. The van der Waals surface area contributed by atoms with Crippen molar-refractivity contribution in [2.75, 3.05) is 20.1 Å². The molecule has 2 aliphatic heterocycles. The molecule has 11 heteroatoms. The summed E-state index contributed by atoms with van der Waals surface area (Å²) in [5.74, 6) is -1.79. The van der Waals surface area contributed by atoms with Crippen LogP contribution in [-0.4, -0.2) is 80.1 Å². The number of likely N-dealkylation sites (N-methyl/N-ethyl adjacent to an activating group) is 1. The Morgan fingerprint density at radius 1 is 1.05 bits per heavy atom. The number of carbonyl (C=O) groups excluding carboxylic acids is 4. The second-order valence-corrected chi connectivity index (χ2v) is 11.2. The maximum absolute atomic E-state index is 14.4. The standard InChI is InChI=1S/C30H31FN6O4/c1-18-3-7-22(31)21(15-18)26(38)34-25(20-5-6-20)27(39)36-13-9-30(10-14-36)28(40)35(2)29(41)37(30)17-19-4-8-23-24(16-19)33-12-11-32-23/h3-4,7-8,11-12,15-16,20,25H,5-6,9-10,13-14,17H2,1-2H3,(H,34,38)/t25-/m1/s1. The number of nitrogens with zero attached hydrogens (tertiary/aromatic N) is 5. The summed E-state index contributed by atoms with van der Waals surface area (Å²) in [6.07, 6.45) is 5.37. The first-order valence-corrected chi connectivity index (χ1v) is 13.8. The number of imide groups is 1. The minimum Gasteiger partial charge on any atom is -0.341 e. The molecular weight excluding hydrogens is 527 g/mol. The number of rotatable bonds is 6. The van der Waals surface area contributed by atoms with Crippen LogP contribution in [0.2, 0.25) is 0 Å². The molecule has 0 bridgehead atoms. The lowest BCUT2D eigenvalue weighted by atomic mass is 9.85. The second kappa shape index (κ2) is 10.2. The number of aryl methyl sites for hydroxylation is 1. The van der Waals surface area contributed by atoms with Gasteiger partial charge >= 0.3 is 6.03 Å². The normalized spacial score (nSPS) is 19.2. The van der Waals surface area contributed by atoms with Crippen LogP contribution in [0.3, 0.4) is 0 Å². The Morgan fingerprint density at radius 3 is 2.46 bits per heavy atom. The monoisotopic (exact) mass is 558 g/mol. The number of likely N-dealkylation sites (tertiary alicyclic amines) is 1. The molecule has 1 aromatic heterocycles. The third-order valence-corrected chi connectivity index (χ3v) is 8.53. The number of hydrogen-bond donors (Lipinski definition) is 1. The van der Waals surface area contributed by atoms with Gasteiger partial charge in [0.1, 0.15) is 17.4 Å². The van der Waals surface area contributed by atoms with Gasteiger partial charge in [-0.15, -0.1) is 0 Å². The van der Waals surface area contributed by atoms with Crippen molar-refractivity contribution in [3.05, 3.63) is 71.3 Å². The van der Waals surface area contributed by atoms with Crippen LogP contribution in [0.5, 0.6) is 0 Å². The molecule has 2 aromatic carbocycles. The Bertz CT molecular complexity index is 1570. The average Bonchev–Trinajstić information content (AvgIpc) is 3.81. The summed E-state index contributed by atoms with van der Waals surface area (Å²) in [4.78, 5) is 66.3. The van der Waals surface area contributed by atoms with Crippen molar-refractivity contribution in [1.82, 2.24) is 30.0 Å². The summed E-state index contributed by atoms with van der Waals surface area (Å²) < 4.78 is 14.4. The van der Waals surface area contributed by atoms with Gasteiger partial charge in [-0.3, -0.25) is 29.3 Å². The Hall–Kier alpha value is -4.41. The Kier molecular flexibility index (Phi) is 6.67. The van der Waals surface area contributed by atoms with E-state index in [0.717, 1.165) is 34.4 Å². The number of piperidine rings is 1. The van der Waals surface area contributed by atoms with Gasteiger partial charge in [0.2, 0.25) is 5.91 Å². The SMILES string of the molecule is Cc1ccc(F)c(C(=O)N[C@@H](C(=O)N2CCC3(CC2)C(=O)N(C)C(=O)N3Cc2ccc3nccnc3c2)C2CC2)c1. The van der Waals surface area contributed by atoms with Gasteiger partial charge in [-0.25, -0.2) is 9.18 Å². The number of fused-ring (bicyclic) bond motifs is 1. The van der Waals surface area contributed by atoms with Gasteiger partial charge < -0.3 is 15.1 Å². The maximum Gasteiger partial charge on any atom is 0.327 e. The lowest BCUT2D eigenvalue weighted by Gasteiger charge is -2.43. The van der Waals surface area contributed by atoms with Crippen LogP contribution < -0.4 is 5.32 Å². The number of carbonyl (C=O) groups is 4. The van der Waals surface area contributed by atoms with Gasteiger partial charge in [-0.2, -0.15) is 0 Å². The molecule has 1 aliphatic carbocycles. The average molecular weight is 559 g/mol. The van der Waals surface area contributed by atoms with Crippen molar-refractivity contribution in [3.8, 4) is 0 Å². The van der Waals surface area contributed by atoms with E-state index in [4.69, 9.17) is 0 Å². The van der Waals surface area contributed by atoms with Gasteiger partial charge in [0.05, 0.1) is 16.6 Å². The van der Waals surface area contributed by atoms with Crippen LogP contribution in [-0.2, 0) is 16.1 Å². The third-order valence-electron chi connectivity index (χ3n) is 8.53. The lowest BCUT2D eigenvalue weighted by molar-refractivity contribution is -0.142. The molecule has 0 unspecified atom stereocenters.